The highest BCUT2D eigenvalue weighted by Crippen LogP contribution is 2.55. The molecule has 0 amide bonds. The average molecular weight is 210 g/mol. The lowest BCUT2D eigenvalue weighted by Gasteiger charge is -2.42. The largest absolute Gasteiger partial charge is 0.384 e. The molecule has 86 valence electrons. The van der Waals surface area contributed by atoms with Gasteiger partial charge in [-0.3, -0.25) is 0 Å². The molecule has 0 unspecified atom stereocenters. The van der Waals surface area contributed by atoms with Crippen LogP contribution in [0.5, 0.6) is 0 Å². The fraction of sp³-hybridized carbons (Fsp3) is 0.692. The molecule has 1 aliphatic rings. The third kappa shape index (κ3) is 1.66. The summed E-state index contributed by atoms with van der Waals surface area (Å²) in [6, 6.07) is 0. The van der Waals surface area contributed by atoms with E-state index in [2.05, 4.69) is 33.4 Å². The van der Waals surface area contributed by atoms with E-state index in [1.54, 1.807) is 14.2 Å². The van der Waals surface area contributed by atoms with Crippen LogP contribution in [0.15, 0.2) is 23.8 Å². The van der Waals surface area contributed by atoms with Crippen molar-refractivity contribution in [2.24, 2.45) is 10.8 Å². The molecule has 0 radical (unpaired) electrons. The zero-order valence-corrected chi connectivity index (χ0v) is 10.5. The molecule has 0 saturated carbocycles. The first kappa shape index (κ1) is 12.5. The number of hydrogen-bond acceptors (Lipinski definition) is 2. The molecule has 0 spiro atoms. The molecule has 0 atom stereocenters. The first-order valence-corrected chi connectivity index (χ1v) is 5.28. The second-order valence-corrected chi connectivity index (χ2v) is 4.93. The Labute approximate surface area is 93.0 Å². The molecule has 0 aromatic rings. The molecular weight excluding hydrogens is 188 g/mol. The van der Waals surface area contributed by atoms with Crippen LogP contribution in [0.2, 0.25) is 0 Å². The Kier molecular flexibility index (Phi) is 3.41. The van der Waals surface area contributed by atoms with Crippen LogP contribution in [0.1, 0.15) is 20.8 Å². The summed E-state index contributed by atoms with van der Waals surface area (Å²) in [5.41, 5.74) is 2.41. The third-order valence-electron chi connectivity index (χ3n) is 3.93. The van der Waals surface area contributed by atoms with Gasteiger partial charge >= 0.3 is 0 Å². The summed E-state index contributed by atoms with van der Waals surface area (Å²) in [5, 5.41) is 0. The van der Waals surface area contributed by atoms with Crippen molar-refractivity contribution in [3.63, 3.8) is 0 Å². The van der Waals surface area contributed by atoms with E-state index in [0.29, 0.717) is 13.2 Å². The molecule has 0 bridgehead atoms. The van der Waals surface area contributed by atoms with E-state index in [4.69, 9.17) is 9.47 Å². The number of allylic oxidation sites excluding steroid dienone is 2. The average Bonchev–Trinajstić information content (AvgIpc) is 2.29. The summed E-state index contributed by atoms with van der Waals surface area (Å²) in [5.74, 6) is 0. The topological polar surface area (TPSA) is 18.5 Å². The van der Waals surface area contributed by atoms with Gasteiger partial charge in [0.1, 0.15) is 0 Å². The van der Waals surface area contributed by atoms with Crippen molar-refractivity contribution in [3.8, 4) is 0 Å². The van der Waals surface area contributed by atoms with Gasteiger partial charge in [-0.15, -0.1) is 0 Å². The Morgan fingerprint density at radius 2 is 1.67 bits per heavy atom. The Morgan fingerprint density at radius 1 is 1.20 bits per heavy atom. The van der Waals surface area contributed by atoms with Gasteiger partial charge in [-0.05, 0) is 12.5 Å². The van der Waals surface area contributed by atoms with E-state index >= 15 is 0 Å². The maximum atomic E-state index is 5.37. The molecule has 1 aliphatic carbocycles. The van der Waals surface area contributed by atoms with Crippen LogP contribution in [0.4, 0.5) is 0 Å². The summed E-state index contributed by atoms with van der Waals surface area (Å²) >= 11 is 0. The van der Waals surface area contributed by atoms with Crippen molar-refractivity contribution in [1.82, 2.24) is 0 Å². The quantitative estimate of drug-likeness (QED) is 0.710. The van der Waals surface area contributed by atoms with Crippen molar-refractivity contribution in [2.45, 2.75) is 20.8 Å². The number of hydrogen-bond donors (Lipinski definition) is 0. The van der Waals surface area contributed by atoms with E-state index in [1.165, 1.54) is 5.57 Å². The van der Waals surface area contributed by atoms with Gasteiger partial charge in [0.15, 0.2) is 0 Å². The van der Waals surface area contributed by atoms with Crippen LogP contribution in [-0.4, -0.2) is 27.4 Å². The molecule has 2 heteroatoms. The molecule has 0 aliphatic heterocycles. The number of ether oxygens (including phenoxy) is 2. The lowest BCUT2D eigenvalue weighted by atomic mass is 9.64. The smallest absolute Gasteiger partial charge is 0.0586 e. The summed E-state index contributed by atoms with van der Waals surface area (Å²) in [4.78, 5) is 0. The van der Waals surface area contributed by atoms with Gasteiger partial charge in [0.2, 0.25) is 0 Å². The second kappa shape index (κ2) is 4.11. The minimum Gasteiger partial charge on any atom is -0.384 e. The molecule has 15 heavy (non-hydrogen) atoms. The highest BCUT2D eigenvalue weighted by molar-refractivity contribution is 5.42. The maximum absolute atomic E-state index is 5.37. The van der Waals surface area contributed by atoms with Gasteiger partial charge in [-0.2, -0.15) is 0 Å². The van der Waals surface area contributed by atoms with Crippen molar-refractivity contribution >= 4 is 0 Å². The van der Waals surface area contributed by atoms with Gasteiger partial charge in [0, 0.05) is 25.0 Å². The molecule has 0 heterocycles. The number of rotatable bonds is 4. The van der Waals surface area contributed by atoms with Crippen molar-refractivity contribution in [3.05, 3.63) is 23.8 Å². The molecule has 0 aromatic carbocycles. The van der Waals surface area contributed by atoms with Crippen LogP contribution >= 0.6 is 0 Å². The maximum Gasteiger partial charge on any atom is 0.0586 e. The van der Waals surface area contributed by atoms with E-state index in [-0.39, 0.29) is 10.8 Å². The first-order chi connectivity index (χ1) is 6.92. The normalized spacial score (nSPS) is 23.0. The van der Waals surface area contributed by atoms with Crippen LogP contribution in [0, 0.1) is 10.8 Å². The molecular formula is C13H22O2. The van der Waals surface area contributed by atoms with E-state index in [1.807, 2.05) is 0 Å². The van der Waals surface area contributed by atoms with Crippen molar-refractivity contribution in [2.75, 3.05) is 27.4 Å². The Hall–Kier alpha value is -0.600. The Balaban J connectivity index is 3.14. The third-order valence-corrected chi connectivity index (χ3v) is 3.93. The zero-order chi connectivity index (χ0) is 11.7. The first-order valence-electron chi connectivity index (χ1n) is 5.28. The minimum atomic E-state index is -0.0619. The lowest BCUT2D eigenvalue weighted by Crippen LogP contribution is -2.43. The predicted octanol–water partition coefficient (Wildman–Crippen LogP) is 2.81. The standard InChI is InChI=1S/C13H22O2/c1-10-7-11(2)13(8-14-5,9-15-6)12(10,3)4/h7H,1,8-9H2,2-6H3. The van der Waals surface area contributed by atoms with E-state index in [9.17, 15) is 0 Å². The fourth-order valence-electron chi connectivity index (χ4n) is 2.50. The fourth-order valence-corrected chi connectivity index (χ4v) is 2.50. The van der Waals surface area contributed by atoms with Gasteiger partial charge in [0.25, 0.3) is 0 Å². The number of methoxy groups -OCH3 is 2. The monoisotopic (exact) mass is 210 g/mol. The minimum absolute atomic E-state index is 0.00308. The SMILES string of the molecule is C=C1C=C(C)C(COC)(COC)C1(C)C. The Morgan fingerprint density at radius 3 is 1.93 bits per heavy atom. The van der Waals surface area contributed by atoms with Crippen LogP contribution < -0.4 is 0 Å². The van der Waals surface area contributed by atoms with Gasteiger partial charge in [-0.25, -0.2) is 0 Å². The Bertz CT molecular complexity index is 281. The highest BCUT2D eigenvalue weighted by Gasteiger charge is 2.51. The highest BCUT2D eigenvalue weighted by atomic mass is 16.5. The molecule has 0 fully saturated rings. The molecule has 0 aromatic heterocycles. The molecule has 1 rings (SSSR count). The second-order valence-electron chi connectivity index (χ2n) is 4.93. The van der Waals surface area contributed by atoms with Crippen LogP contribution in [0.3, 0.4) is 0 Å². The zero-order valence-electron chi connectivity index (χ0n) is 10.5. The van der Waals surface area contributed by atoms with Crippen molar-refractivity contribution < 1.29 is 9.47 Å². The summed E-state index contributed by atoms with van der Waals surface area (Å²) in [6.45, 7) is 12.0. The van der Waals surface area contributed by atoms with E-state index < -0.39 is 0 Å². The molecule has 0 N–H and O–H groups in total. The predicted molar refractivity (Wildman–Crippen MR) is 62.9 cm³/mol. The van der Waals surface area contributed by atoms with Gasteiger partial charge < -0.3 is 9.47 Å². The molecule has 0 saturated heterocycles. The van der Waals surface area contributed by atoms with E-state index in [0.717, 1.165) is 5.57 Å². The van der Waals surface area contributed by atoms with Crippen molar-refractivity contribution in [1.29, 1.82) is 0 Å². The van der Waals surface area contributed by atoms with Gasteiger partial charge in [0.05, 0.1) is 13.2 Å². The van der Waals surface area contributed by atoms with Crippen LogP contribution in [-0.2, 0) is 9.47 Å². The van der Waals surface area contributed by atoms with Crippen LogP contribution in [0.25, 0.3) is 0 Å². The summed E-state index contributed by atoms with van der Waals surface area (Å²) in [7, 11) is 3.48. The molecule has 2 nitrogen and oxygen atoms in total. The van der Waals surface area contributed by atoms with Gasteiger partial charge in [-0.1, -0.05) is 32.1 Å². The summed E-state index contributed by atoms with van der Waals surface area (Å²) in [6.07, 6.45) is 2.16. The lowest BCUT2D eigenvalue weighted by molar-refractivity contribution is -0.0183. The summed E-state index contributed by atoms with van der Waals surface area (Å²) < 4.78 is 10.7.